The van der Waals surface area contributed by atoms with E-state index >= 15 is 0 Å². The fourth-order valence-corrected chi connectivity index (χ4v) is 7.87. The summed E-state index contributed by atoms with van der Waals surface area (Å²) in [7, 11) is 7.26. The van der Waals surface area contributed by atoms with E-state index in [-0.39, 0.29) is 5.78 Å². The number of ketones is 1. The summed E-state index contributed by atoms with van der Waals surface area (Å²) in [6.45, 7) is 11.1. The van der Waals surface area contributed by atoms with Crippen LogP contribution in [0.2, 0.25) is 0 Å². The van der Waals surface area contributed by atoms with Gasteiger partial charge in [-0.1, -0.05) is 49.2 Å². The molecule has 2 aliphatic rings. The second kappa shape index (κ2) is 26.0. The Hall–Kier alpha value is -4.45. The van der Waals surface area contributed by atoms with Crippen molar-refractivity contribution in [3.8, 4) is 23.0 Å². The number of ether oxygens (including phenoxy) is 4. The predicted octanol–water partition coefficient (Wildman–Crippen LogP) is 8.38. The predicted molar refractivity (Wildman–Crippen MR) is 242 cm³/mol. The van der Waals surface area contributed by atoms with Gasteiger partial charge in [0.1, 0.15) is 23.0 Å². The highest BCUT2D eigenvalue weighted by Crippen LogP contribution is 2.21. The van der Waals surface area contributed by atoms with Gasteiger partial charge in [0.2, 0.25) is 0 Å². The molecule has 2 heterocycles. The third-order valence-corrected chi connectivity index (χ3v) is 11.2. The Labute approximate surface area is 360 Å². The maximum absolute atomic E-state index is 12.5. The minimum atomic E-state index is -0.532. The second-order valence-corrected chi connectivity index (χ2v) is 16.3. The lowest BCUT2D eigenvalue weighted by molar-refractivity contribution is 0.0943. The molecule has 4 aromatic carbocycles. The zero-order valence-corrected chi connectivity index (χ0v) is 36.7. The first-order valence-corrected chi connectivity index (χ1v) is 22.0. The molecule has 60 heavy (non-hydrogen) atoms. The van der Waals surface area contributed by atoms with Crippen LogP contribution in [-0.4, -0.2) is 124 Å². The number of aliphatic hydroxyl groups excluding tert-OH is 1. The van der Waals surface area contributed by atoms with Crippen LogP contribution >= 0.6 is 0 Å². The van der Waals surface area contributed by atoms with Crippen LogP contribution in [0.3, 0.4) is 0 Å². The van der Waals surface area contributed by atoms with Crippen molar-refractivity contribution in [1.82, 2.24) is 19.6 Å². The molecule has 0 amide bonds. The van der Waals surface area contributed by atoms with Gasteiger partial charge in [0.15, 0.2) is 5.78 Å². The topological polar surface area (TPSA) is 87.2 Å². The SMILES string of the molecule is COc1ccc(C(=O)CN(C)Cc2cccc(OCCCN3CCCCC3)c2)cc1.COc1ccc(C(O)CN(C)Cc2cccc(OCCCN3CCCCC3)c2)cc1. The van der Waals surface area contributed by atoms with Crippen molar-refractivity contribution in [2.45, 2.75) is 70.6 Å². The number of likely N-dealkylation sites (N-methyl/N-ethyl adjacent to an activating group) is 2. The van der Waals surface area contributed by atoms with E-state index in [9.17, 15) is 9.90 Å². The fourth-order valence-electron chi connectivity index (χ4n) is 7.87. The maximum Gasteiger partial charge on any atom is 0.176 e. The van der Waals surface area contributed by atoms with Crippen molar-refractivity contribution in [3.63, 3.8) is 0 Å². The molecule has 10 heteroatoms. The summed E-state index contributed by atoms with van der Waals surface area (Å²) in [5.74, 6) is 3.49. The zero-order chi connectivity index (χ0) is 42.4. The van der Waals surface area contributed by atoms with E-state index in [2.05, 4.69) is 39.0 Å². The summed E-state index contributed by atoms with van der Waals surface area (Å²) < 4.78 is 22.3. The van der Waals surface area contributed by atoms with Crippen LogP contribution in [0.15, 0.2) is 97.1 Å². The molecule has 1 N–H and O–H groups in total. The highest BCUT2D eigenvalue weighted by Gasteiger charge is 2.14. The molecule has 0 aliphatic carbocycles. The summed E-state index contributed by atoms with van der Waals surface area (Å²) in [6.07, 6.45) is 9.68. The van der Waals surface area contributed by atoms with E-state index in [4.69, 9.17) is 18.9 Å². The number of carbonyl (C=O) groups excluding carboxylic acids is 1. The van der Waals surface area contributed by atoms with Crippen LogP contribution in [0.5, 0.6) is 23.0 Å². The first-order valence-electron chi connectivity index (χ1n) is 22.0. The van der Waals surface area contributed by atoms with Gasteiger partial charge in [0.05, 0.1) is 40.1 Å². The number of hydrogen-bond acceptors (Lipinski definition) is 10. The van der Waals surface area contributed by atoms with Crippen LogP contribution in [-0.2, 0) is 13.1 Å². The fraction of sp³-hybridized carbons (Fsp3) is 0.500. The molecule has 1 unspecified atom stereocenters. The Morgan fingerprint density at radius 3 is 1.57 bits per heavy atom. The molecule has 2 fully saturated rings. The molecule has 4 aromatic rings. The standard InChI is InChI=1S/C25H36N2O3.C25H34N2O3/c2*1-26(20-25(28)22-10-12-23(29-2)13-11-22)19-21-8-6-9-24(18-21)30-17-7-16-27-14-4-3-5-15-27/h6,8-13,18,25,28H,3-5,7,14-17,19-20H2,1-2H3;6,8-13,18H,3-5,7,14-17,19-20H2,1-2H3. The van der Waals surface area contributed by atoms with E-state index in [1.807, 2.05) is 91.8 Å². The molecule has 0 bridgehead atoms. The van der Waals surface area contributed by atoms with Gasteiger partial charge in [-0.05, 0) is 156 Å². The Balaban J connectivity index is 0.000000228. The van der Waals surface area contributed by atoms with Crippen molar-refractivity contribution in [2.24, 2.45) is 0 Å². The van der Waals surface area contributed by atoms with Gasteiger partial charge in [0.25, 0.3) is 0 Å². The minimum Gasteiger partial charge on any atom is -0.497 e. The minimum absolute atomic E-state index is 0.102. The number of rotatable bonds is 22. The van der Waals surface area contributed by atoms with Crippen molar-refractivity contribution in [2.75, 3.05) is 93.9 Å². The second-order valence-electron chi connectivity index (χ2n) is 16.3. The quantitative estimate of drug-likeness (QED) is 0.0617. The molecule has 0 spiro atoms. The number of Topliss-reactive ketones (excluding diaryl/α,β-unsaturated/α-hetero) is 1. The van der Waals surface area contributed by atoms with Crippen molar-refractivity contribution in [3.05, 3.63) is 119 Å². The third-order valence-electron chi connectivity index (χ3n) is 11.2. The average Bonchev–Trinajstić information content (AvgIpc) is 3.28. The first kappa shape index (κ1) is 46.6. The van der Waals surface area contributed by atoms with E-state index in [0.29, 0.717) is 25.2 Å². The van der Waals surface area contributed by atoms with Crippen LogP contribution in [0.25, 0.3) is 0 Å². The van der Waals surface area contributed by atoms with E-state index < -0.39 is 6.10 Å². The van der Waals surface area contributed by atoms with Gasteiger partial charge >= 0.3 is 0 Å². The highest BCUT2D eigenvalue weighted by atomic mass is 16.5. The van der Waals surface area contributed by atoms with Crippen LogP contribution in [0.1, 0.15) is 84.5 Å². The van der Waals surface area contributed by atoms with Crippen molar-refractivity contribution >= 4 is 5.78 Å². The van der Waals surface area contributed by atoms with Crippen LogP contribution in [0, 0.1) is 0 Å². The summed E-state index contributed by atoms with van der Waals surface area (Å²) in [4.78, 5) is 21.8. The van der Waals surface area contributed by atoms with Gasteiger partial charge in [0, 0.05) is 38.3 Å². The lowest BCUT2D eigenvalue weighted by Gasteiger charge is -2.26. The summed E-state index contributed by atoms with van der Waals surface area (Å²) in [5, 5.41) is 10.5. The Morgan fingerprint density at radius 1 is 0.617 bits per heavy atom. The van der Waals surface area contributed by atoms with Gasteiger partial charge in [-0.3, -0.25) is 14.6 Å². The molecule has 326 valence electrons. The number of aliphatic hydroxyl groups is 1. The molecule has 0 aromatic heterocycles. The number of hydrogen-bond donors (Lipinski definition) is 1. The van der Waals surface area contributed by atoms with Gasteiger partial charge in [-0.25, -0.2) is 0 Å². The lowest BCUT2D eigenvalue weighted by atomic mass is 10.1. The third kappa shape index (κ3) is 16.9. The van der Waals surface area contributed by atoms with Gasteiger partial charge in [-0.2, -0.15) is 0 Å². The van der Waals surface area contributed by atoms with E-state index in [1.165, 1.54) is 70.3 Å². The molecule has 0 saturated carbocycles. The summed E-state index contributed by atoms with van der Waals surface area (Å²) in [6, 6.07) is 31.3. The van der Waals surface area contributed by atoms with Gasteiger partial charge < -0.3 is 33.9 Å². The Kier molecular flexibility index (Phi) is 20.2. The first-order chi connectivity index (χ1) is 29.3. The molecule has 2 aliphatic heterocycles. The van der Waals surface area contributed by atoms with Crippen molar-refractivity contribution in [1.29, 1.82) is 0 Å². The number of likely N-dealkylation sites (tertiary alicyclic amines) is 2. The molecule has 2 saturated heterocycles. The Morgan fingerprint density at radius 2 is 1.08 bits per heavy atom. The van der Waals surface area contributed by atoms with Crippen LogP contribution in [0.4, 0.5) is 0 Å². The van der Waals surface area contributed by atoms with E-state index in [1.54, 1.807) is 14.2 Å². The highest BCUT2D eigenvalue weighted by molar-refractivity contribution is 5.97. The number of piperidine rings is 2. The van der Waals surface area contributed by atoms with Crippen LogP contribution < -0.4 is 18.9 Å². The monoisotopic (exact) mass is 823 g/mol. The average molecular weight is 823 g/mol. The van der Waals surface area contributed by atoms with E-state index in [0.717, 1.165) is 79.8 Å². The maximum atomic E-state index is 12.5. The normalized spacial score (nSPS) is 15.2. The largest absolute Gasteiger partial charge is 0.497 e. The number of nitrogens with zero attached hydrogens (tertiary/aromatic N) is 4. The van der Waals surface area contributed by atoms with Gasteiger partial charge in [-0.15, -0.1) is 0 Å². The number of methoxy groups -OCH3 is 2. The number of carbonyl (C=O) groups is 1. The molecule has 1 atom stereocenters. The number of benzene rings is 4. The molecule has 0 radical (unpaired) electrons. The molecule has 10 nitrogen and oxygen atoms in total. The van der Waals surface area contributed by atoms with Crippen molar-refractivity contribution < 1.29 is 28.8 Å². The summed E-state index contributed by atoms with van der Waals surface area (Å²) >= 11 is 0. The summed E-state index contributed by atoms with van der Waals surface area (Å²) in [5.41, 5.74) is 3.93. The smallest absolute Gasteiger partial charge is 0.176 e. The molecular formula is C50H70N4O6. The molecule has 6 rings (SSSR count). The molecular weight excluding hydrogens is 753 g/mol. The Bertz CT molecular complexity index is 1790. The zero-order valence-electron chi connectivity index (χ0n) is 36.7. The lowest BCUT2D eigenvalue weighted by Crippen LogP contribution is -2.31.